The topological polar surface area (TPSA) is 69.7 Å². The number of nitrogens with zero attached hydrogens (tertiary/aromatic N) is 2. The maximum absolute atomic E-state index is 13.0. The van der Waals surface area contributed by atoms with Crippen LogP contribution in [0.5, 0.6) is 0 Å². The van der Waals surface area contributed by atoms with Crippen molar-refractivity contribution < 1.29 is 13.2 Å². The van der Waals surface area contributed by atoms with Crippen LogP contribution in [-0.4, -0.2) is 63.3 Å². The minimum atomic E-state index is -3.62. The predicted octanol–water partition coefficient (Wildman–Crippen LogP) is 2.24. The summed E-state index contributed by atoms with van der Waals surface area (Å²) in [7, 11) is -0.00231. The van der Waals surface area contributed by atoms with E-state index in [1.807, 2.05) is 7.05 Å². The fourth-order valence-electron chi connectivity index (χ4n) is 3.73. The first-order valence-electron chi connectivity index (χ1n) is 9.60. The molecule has 1 aliphatic heterocycles. The Morgan fingerprint density at radius 2 is 2.15 bits per heavy atom. The number of carbonyl (C=O) groups is 1. The molecule has 1 aromatic rings. The Kier molecular flexibility index (Phi) is 6.34. The van der Waals surface area contributed by atoms with Gasteiger partial charge in [0.2, 0.25) is 10.0 Å². The molecular weight excluding hydrogens is 362 g/mol. The minimum Gasteiger partial charge on any atom is -0.348 e. The van der Waals surface area contributed by atoms with Crippen molar-refractivity contribution in [3.63, 3.8) is 0 Å². The van der Waals surface area contributed by atoms with Crippen molar-refractivity contribution in [2.24, 2.45) is 0 Å². The predicted molar refractivity (Wildman–Crippen MR) is 106 cm³/mol. The molecule has 7 heteroatoms. The van der Waals surface area contributed by atoms with Gasteiger partial charge in [-0.2, -0.15) is 4.31 Å². The first-order chi connectivity index (χ1) is 12.9. The van der Waals surface area contributed by atoms with E-state index in [9.17, 15) is 13.2 Å². The second kappa shape index (κ2) is 8.54. The molecule has 1 unspecified atom stereocenters. The van der Waals surface area contributed by atoms with E-state index in [1.165, 1.54) is 22.4 Å². The molecule has 1 fully saturated rings. The molecule has 0 aromatic heterocycles. The Morgan fingerprint density at radius 3 is 2.81 bits per heavy atom. The molecule has 1 aliphatic carbocycles. The van der Waals surface area contributed by atoms with Gasteiger partial charge in [0.1, 0.15) is 0 Å². The molecule has 3 rings (SSSR count). The highest BCUT2D eigenvalue weighted by Crippen LogP contribution is 2.22. The third-order valence-electron chi connectivity index (χ3n) is 5.51. The quantitative estimate of drug-likeness (QED) is 0.755. The molecule has 27 heavy (non-hydrogen) atoms. The number of nitrogens with one attached hydrogen (secondary N) is 1. The highest BCUT2D eigenvalue weighted by atomic mass is 32.2. The van der Waals surface area contributed by atoms with Gasteiger partial charge < -0.3 is 10.2 Å². The standard InChI is InChI=1S/C20H29N3O3S/c1-22-12-11-18(15-22)23(2)27(25,26)19-10-6-9-17(13-19)20(24)21-14-16-7-4-3-5-8-16/h6-7,9-10,13,18H,3-5,8,11-12,14-15H2,1-2H3,(H,21,24). The van der Waals surface area contributed by atoms with E-state index in [2.05, 4.69) is 16.3 Å². The van der Waals surface area contributed by atoms with E-state index >= 15 is 0 Å². The van der Waals surface area contributed by atoms with Crippen LogP contribution in [0, 0.1) is 0 Å². The monoisotopic (exact) mass is 391 g/mol. The van der Waals surface area contributed by atoms with E-state index in [0.717, 1.165) is 38.8 Å². The first-order valence-corrected chi connectivity index (χ1v) is 11.0. The van der Waals surface area contributed by atoms with E-state index in [4.69, 9.17) is 0 Å². The Hall–Kier alpha value is -1.70. The maximum Gasteiger partial charge on any atom is 0.251 e. The molecule has 0 radical (unpaired) electrons. The first kappa shape index (κ1) is 20.0. The highest BCUT2D eigenvalue weighted by molar-refractivity contribution is 7.89. The molecule has 1 aromatic carbocycles. The Labute approximate surface area is 162 Å². The molecule has 1 heterocycles. The largest absolute Gasteiger partial charge is 0.348 e. The fourth-order valence-corrected chi connectivity index (χ4v) is 5.15. The van der Waals surface area contributed by atoms with Crippen LogP contribution in [0.1, 0.15) is 42.5 Å². The summed E-state index contributed by atoms with van der Waals surface area (Å²) in [6.07, 6.45) is 7.48. The molecule has 148 valence electrons. The van der Waals surface area contributed by atoms with E-state index < -0.39 is 10.0 Å². The van der Waals surface area contributed by atoms with Crippen molar-refractivity contribution in [1.29, 1.82) is 0 Å². The summed E-state index contributed by atoms with van der Waals surface area (Å²) >= 11 is 0. The minimum absolute atomic E-state index is 0.0317. The number of likely N-dealkylation sites (tertiary alicyclic amines) is 1. The van der Waals surface area contributed by atoms with Crippen LogP contribution in [0.3, 0.4) is 0 Å². The maximum atomic E-state index is 13.0. The Bertz CT molecular complexity index is 820. The van der Waals surface area contributed by atoms with E-state index in [0.29, 0.717) is 12.1 Å². The van der Waals surface area contributed by atoms with Gasteiger partial charge in [0.05, 0.1) is 4.90 Å². The van der Waals surface area contributed by atoms with Crippen LogP contribution < -0.4 is 5.32 Å². The molecule has 2 aliphatic rings. The molecule has 0 saturated carbocycles. The molecule has 1 amide bonds. The smallest absolute Gasteiger partial charge is 0.251 e. The van der Waals surface area contributed by atoms with Crippen molar-refractivity contribution >= 4 is 15.9 Å². The molecule has 1 atom stereocenters. The van der Waals surface area contributed by atoms with Gasteiger partial charge in [-0.3, -0.25) is 4.79 Å². The summed E-state index contributed by atoms with van der Waals surface area (Å²) in [5, 5.41) is 2.92. The van der Waals surface area contributed by atoms with Gasteiger partial charge in [0, 0.05) is 31.7 Å². The summed E-state index contributed by atoms with van der Waals surface area (Å²) in [5.74, 6) is -0.234. The summed E-state index contributed by atoms with van der Waals surface area (Å²) < 4.78 is 27.4. The van der Waals surface area contributed by atoms with E-state index in [1.54, 1.807) is 25.2 Å². The third-order valence-corrected chi connectivity index (χ3v) is 7.42. The van der Waals surface area contributed by atoms with Crippen LogP contribution in [0.4, 0.5) is 0 Å². The average molecular weight is 392 g/mol. The van der Waals surface area contributed by atoms with Crippen molar-refractivity contribution in [3.8, 4) is 0 Å². The number of carbonyl (C=O) groups excluding carboxylic acids is 1. The van der Waals surface area contributed by atoms with Crippen LogP contribution in [-0.2, 0) is 10.0 Å². The number of benzene rings is 1. The van der Waals surface area contributed by atoms with Crippen molar-refractivity contribution in [1.82, 2.24) is 14.5 Å². The fraction of sp³-hybridized carbons (Fsp3) is 0.550. The normalized spacial score (nSPS) is 21.3. The second-order valence-corrected chi connectivity index (χ2v) is 9.54. The lowest BCUT2D eigenvalue weighted by molar-refractivity contribution is 0.0956. The molecular formula is C20H29N3O3S. The van der Waals surface area contributed by atoms with Crippen LogP contribution >= 0.6 is 0 Å². The van der Waals surface area contributed by atoms with Gasteiger partial charge in [-0.25, -0.2) is 8.42 Å². The number of hydrogen-bond donors (Lipinski definition) is 1. The number of sulfonamides is 1. The van der Waals surface area contributed by atoms with E-state index in [-0.39, 0.29) is 16.8 Å². The highest BCUT2D eigenvalue weighted by Gasteiger charge is 2.32. The van der Waals surface area contributed by atoms with Crippen molar-refractivity contribution in [3.05, 3.63) is 41.5 Å². The van der Waals surface area contributed by atoms with Crippen LogP contribution in [0.15, 0.2) is 40.8 Å². The van der Waals surface area contributed by atoms with Crippen LogP contribution in [0.25, 0.3) is 0 Å². The molecule has 1 N–H and O–H groups in total. The lowest BCUT2D eigenvalue weighted by Crippen LogP contribution is -2.38. The summed E-state index contributed by atoms with van der Waals surface area (Å²) in [5.41, 5.74) is 1.63. The molecule has 6 nitrogen and oxygen atoms in total. The van der Waals surface area contributed by atoms with Gasteiger partial charge >= 0.3 is 0 Å². The van der Waals surface area contributed by atoms with Crippen molar-refractivity contribution in [2.45, 2.75) is 43.0 Å². The zero-order valence-electron chi connectivity index (χ0n) is 16.1. The second-order valence-electron chi connectivity index (χ2n) is 7.54. The summed E-state index contributed by atoms with van der Waals surface area (Å²) in [6, 6.07) is 6.30. The number of allylic oxidation sites excluding steroid dienone is 1. The summed E-state index contributed by atoms with van der Waals surface area (Å²) in [6.45, 7) is 2.15. The zero-order valence-corrected chi connectivity index (χ0v) is 17.0. The lowest BCUT2D eigenvalue weighted by Gasteiger charge is -2.24. The molecule has 0 spiro atoms. The summed E-state index contributed by atoms with van der Waals surface area (Å²) in [4.78, 5) is 14.8. The number of likely N-dealkylation sites (N-methyl/N-ethyl adjacent to an activating group) is 2. The molecule has 1 saturated heterocycles. The van der Waals surface area contributed by atoms with Gasteiger partial charge in [0.15, 0.2) is 0 Å². The van der Waals surface area contributed by atoms with Gasteiger partial charge in [-0.1, -0.05) is 17.7 Å². The average Bonchev–Trinajstić information content (AvgIpc) is 3.12. The zero-order chi connectivity index (χ0) is 19.4. The molecule has 0 bridgehead atoms. The Morgan fingerprint density at radius 1 is 1.33 bits per heavy atom. The van der Waals surface area contributed by atoms with Gasteiger partial charge in [0.25, 0.3) is 5.91 Å². The third kappa shape index (κ3) is 4.78. The number of rotatable bonds is 6. The number of hydrogen-bond acceptors (Lipinski definition) is 4. The van der Waals surface area contributed by atoms with Crippen LogP contribution in [0.2, 0.25) is 0 Å². The lowest BCUT2D eigenvalue weighted by atomic mass is 9.99. The number of amides is 1. The van der Waals surface area contributed by atoms with Gasteiger partial charge in [-0.05, 0) is 63.9 Å². The SMILES string of the molecule is CN1CCC(N(C)S(=O)(=O)c2cccc(C(=O)NCC3=CCCCC3)c2)C1. The van der Waals surface area contributed by atoms with Crippen molar-refractivity contribution in [2.75, 3.05) is 33.7 Å². The van der Waals surface area contributed by atoms with Gasteiger partial charge in [-0.15, -0.1) is 0 Å². The Balaban J connectivity index is 1.70.